The molecule has 0 aliphatic heterocycles. The molecule has 0 unspecified atom stereocenters. The topological polar surface area (TPSA) is 48.0 Å². The smallest absolute Gasteiger partial charge is 0.251 e. The lowest BCUT2D eigenvalue weighted by Gasteiger charge is -2.14. The first-order valence-electron chi connectivity index (χ1n) is 8.95. The molecule has 0 saturated carbocycles. The molecule has 2 N–H and O–H groups in total. The number of rotatable bonds is 7. The highest BCUT2D eigenvalue weighted by Crippen LogP contribution is 2.34. The van der Waals surface area contributed by atoms with Gasteiger partial charge in [0.25, 0.3) is 5.91 Å². The van der Waals surface area contributed by atoms with Crippen LogP contribution in [0.3, 0.4) is 0 Å². The highest BCUT2D eigenvalue weighted by molar-refractivity contribution is 6.02. The number of hydrogen-bond acceptors (Lipinski definition) is 1. The molecule has 1 heterocycles. The summed E-state index contributed by atoms with van der Waals surface area (Å²) in [4.78, 5) is 12.2. The van der Waals surface area contributed by atoms with E-state index in [9.17, 15) is 4.79 Å². The predicted molar refractivity (Wildman–Crippen MR) is 101 cm³/mol. The largest absolute Gasteiger partial charge is 0.366 e. The molecule has 0 atom stereocenters. The van der Waals surface area contributed by atoms with Gasteiger partial charge in [0.2, 0.25) is 0 Å². The highest BCUT2D eigenvalue weighted by Gasteiger charge is 2.24. The summed E-state index contributed by atoms with van der Waals surface area (Å²) in [6, 6.07) is 8.39. The molecule has 130 valence electrons. The summed E-state index contributed by atoms with van der Waals surface area (Å²) in [5.74, 6) is 0.296. The number of nitrogens with two attached hydrogens (primary N) is 1. The monoisotopic (exact) mass is 326 g/mol. The Hall–Kier alpha value is -2.03. The maximum absolute atomic E-state index is 12.2. The lowest BCUT2D eigenvalue weighted by Crippen LogP contribution is -2.13. The van der Waals surface area contributed by atoms with Gasteiger partial charge in [-0.3, -0.25) is 4.79 Å². The van der Waals surface area contributed by atoms with Crippen LogP contribution in [-0.4, -0.2) is 10.5 Å². The molecule has 0 radical (unpaired) electrons. The van der Waals surface area contributed by atoms with Gasteiger partial charge in [0.1, 0.15) is 0 Å². The van der Waals surface area contributed by atoms with E-state index in [1.165, 1.54) is 11.3 Å². The van der Waals surface area contributed by atoms with E-state index in [4.69, 9.17) is 5.73 Å². The molecule has 0 saturated heterocycles. The van der Waals surface area contributed by atoms with Crippen molar-refractivity contribution in [3.05, 3.63) is 46.8 Å². The fourth-order valence-corrected chi connectivity index (χ4v) is 3.32. The van der Waals surface area contributed by atoms with Gasteiger partial charge in [0, 0.05) is 23.5 Å². The van der Waals surface area contributed by atoms with E-state index >= 15 is 0 Å². The molecule has 3 heteroatoms. The fraction of sp³-hybridized carbons (Fsp3) is 0.476. The van der Waals surface area contributed by atoms with Crippen molar-refractivity contribution in [3.8, 4) is 11.1 Å². The lowest BCUT2D eigenvalue weighted by atomic mass is 9.97. The van der Waals surface area contributed by atoms with Crippen LogP contribution in [0.2, 0.25) is 0 Å². The van der Waals surface area contributed by atoms with E-state index in [1.807, 2.05) is 6.92 Å². The van der Waals surface area contributed by atoms with Gasteiger partial charge in [0.05, 0.1) is 5.56 Å². The zero-order chi connectivity index (χ0) is 17.9. The lowest BCUT2D eigenvalue weighted by molar-refractivity contribution is 0.1000. The molecule has 1 aromatic carbocycles. The summed E-state index contributed by atoms with van der Waals surface area (Å²) in [5.41, 5.74) is 12.0. The number of carbonyl (C=O) groups is 1. The van der Waals surface area contributed by atoms with Crippen molar-refractivity contribution in [1.82, 2.24) is 4.57 Å². The first-order chi connectivity index (χ1) is 11.4. The van der Waals surface area contributed by atoms with Gasteiger partial charge >= 0.3 is 0 Å². The second-order valence-corrected chi connectivity index (χ2v) is 7.10. The van der Waals surface area contributed by atoms with Crippen molar-refractivity contribution in [2.45, 2.75) is 60.4 Å². The first-order valence-corrected chi connectivity index (χ1v) is 8.95. The number of benzene rings is 1. The highest BCUT2D eigenvalue weighted by atomic mass is 16.1. The van der Waals surface area contributed by atoms with Crippen LogP contribution in [0.5, 0.6) is 0 Å². The van der Waals surface area contributed by atoms with E-state index in [2.05, 4.69) is 56.5 Å². The molecule has 2 rings (SSSR count). The minimum absolute atomic E-state index is 0.330. The van der Waals surface area contributed by atoms with Crippen LogP contribution in [0.15, 0.2) is 24.3 Å². The molecule has 0 bridgehead atoms. The quantitative estimate of drug-likeness (QED) is 0.775. The second kappa shape index (κ2) is 7.69. The van der Waals surface area contributed by atoms with Crippen LogP contribution in [0, 0.1) is 19.8 Å². The molecule has 2 aromatic rings. The average molecular weight is 326 g/mol. The zero-order valence-electron chi connectivity index (χ0n) is 15.6. The maximum Gasteiger partial charge on any atom is 0.251 e. The molecule has 0 aliphatic rings. The third kappa shape index (κ3) is 3.72. The maximum atomic E-state index is 12.2. The fourth-order valence-electron chi connectivity index (χ4n) is 3.32. The Balaban J connectivity index is 2.67. The molecular weight excluding hydrogens is 296 g/mol. The molecule has 0 fully saturated rings. The normalized spacial score (nSPS) is 11.2. The molecule has 1 amide bonds. The van der Waals surface area contributed by atoms with Crippen molar-refractivity contribution in [2.75, 3.05) is 0 Å². The van der Waals surface area contributed by atoms with Crippen molar-refractivity contribution >= 4 is 5.91 Å². The molecule has 0 aliphatic carbocycles. The van der Waals surface area contributed by atoms with E-state index in [0.29, 0.717) is 11.5 Å². The second-order valence-electron chi connectivity index (χ2n) is 7.10. The number of aromatic nitrogens is 1. The number of primary amides is 1. The predicted octanol–water partition coefficient (Wildman–Crippen LogP) is 4.87. The Bertz CT molecular complexity index is 708. The summed E-state index contributed by atoms with van der Waals surface area (Å²) >= 11 is 0. The van der Waals surface area contributed by atoms with Gasteiger partial charge < -0.3 is 10.3 Å². The molecule has 24 heavy (non-hydrogen) atoms. The van der Waals surface area contributed by atoms with Crippen LogP contribution in [0.25, 0.3) is 11.1 Å². The number of nitrogens with zero attached hydrogens (tertiary/aromatic N) is 1. The Morgan fingerprint density at radius 1 is 1.17 bits per heavy atom. The van der Waals surface area contributed by atoms with Crippen molar-refractivity contribution in [1.29, 1.82) is 0 Å². The third-order valence-corrected chi connectivity index (χ3v) is 4.63. The van der Waals surface area contributed by atoms with E-state index in [1.54, 1.807) is 0 Å². The zero-order valence-corrected chi connectivity index (χ0v) is 15.6. The van der Waals surface area contributed by atoms with Crippen LogP contribution in [0.4, 0.5) is 0 Å². The Morgan fingerprint density at radius 2 is 1.79 bits per heavy atom. The minimum Gasteiger partial charge on any atom is -0.366 e. The minimum atomic E-state index is -0.330. The van der Waals surface area contributed by atoms with Crippen molar-refractivity contribution in [2.24, 2.45) is 11.7 Å². The summed E-state index contributed by atoms with van der Waals surface area (Å²) < 4.78 is 2.32. The summed E-state index contributed by atoms with van der Waals surface area (Å²) in [6.45, 7) is 11.7. The number of aryl methyl sites for hydroxylation is 1. The Kier molecular flexibility index (Phi) is 5.87. The van der Waals surface area contributed by atoms with Crippen LogP contribution < -0.4 is 5.73 Å². The Morgan fingerprint density at radius 3 is 2.29 bits per heavy atom. The van der Waals surface area contributed by atoms with Crippen molar-refractivity contribution in [3.63, 3.8) is 0 Å². The standard InChI is InChI=1S/C21H30N2O/c1-6-7-18-20(17-10-8-15(4)9-11-17)19(21(22)24)16(5)23(18)13-12-14(2)3/h8-11,14H,6-7,12-13H2,1-5H3,(H2,22,24). The van der Waals surface area contributed by atoms with Crippen LogP contribution in [0.1, 0.15) is 60.9 Å². The van der Waals surface area contributed by atoms with Crippen LogP contribution in [-0.2, 0) is 13.0 Å². The van der Waals surface area contributed by atoms with Crippen molar-refractivity contribution < 1.29 is 4.79 Å². The van der Waals surface area contributed by atoms with Gasteiger partial charge in [-0.15, -0.1) is 0 Å². The van der Waals surface area contributed by atoms with Gasteiger partial charge in [-0.25, -0.2) is 0 Å². The summed E-state index contributed by atoms with van der Waals surface area (Å²) in [7, 11) is 0. The number of carbonyl (C=O) groups excluding carboxylic acids is 1. The van der Waals surface area contributed by atoms with E-state index in [-0.39, 0.29) is 5.91 Å². The van der Waals surface area contributed by atoms with Crippen LogP contribution >= 0.6 is 0 Å². The molecule has 3 nitrogen and oxygen atoms in total. The third-order valence-electron chi connectivity index (χ3n) is 4.63. The molecular formula is C21H30N2O. The van der Waals surface area contributed by atoms with E-state index in [0.717, 1.165) is 42.6 Å². The number of hydrogen-bond donors (Lipinski definition) is 1. The first kappa shape index (κ1) is 18.3. The average Bonchev–Trinajstić information content (AvgIpc) is 2.79. The van der Waals surface area contributed by atoms with Gasteiger partial charge in [-0.2, -0.15) is 0 Å². The summed E-state index contributed by atoms with van der Waals surface area (Å²) in [6.07, 6.45) is 3.09. The van der Waals surface area contributed by atoms with Gasteiger partial charge in [-0.1, -0.05) is 57.0 Å². The van der Waals surface area contributed by atoms with E-state index < -0.39 is 0 Å². The summed E-state index contributed by atoms with van der Waals surface area (Å²) in [5, 5.41) is 0. The van der Waals surface area contributed by atoms with Gasteiger partial charge in [-0.05, 0) is 38.2 Å². The van der Waals surface area contributed by atoms with Gasteiger partial charge in [0.15, 0.2) is 0 Å². The SMILES string of the molecule is CCCc1c(-c2ccc(C)cc2)c(C(N)=O)c(C)n1CCC(C)C. The number of amides is 1. The Labute approximate surface area is 145 Å². The molecule has 0 spiro atoms. The molecule has 1 aromatic heterocycles.